The highest BCUT2D eigenvalue weighted by Crippen LogP contribution is 2.25. The lowest BCUT2D eigenvalue weighted by molar-refractivity contribution is -0.127. The Morgan fingerprint density at radius 3 is 3.00 bits per heavy atom. The van der Waals surface area contributed by atoms with Gasteiger partial charge in [0.25, 0.3) is 5.91 Å². The van der Waals surface area contributed by atoms with Crippen LogP contribution < -0.4 is 15.8 Å². The van der Waals surface area contributed by atoms with Gasteiger partial charge in [-0.15, -0.1) is 0 Å². The third kappa shape index (κ3) is 2.72. The Bertz CT molecular complexity index is 463. The smallest absolute Gasteiger partial charge is 0.261 e. The average molecular weight is 252 g/mol. The maximum atomic E-state index is 13.7. The zero-order valence-corrected chi connectivity index (χ0v) is 10.3. The molecule has 0 bridgehead atoms. The minimum absolute atomic E-state index is 0.0868. The predicted molar refractivity (Wildman–Crippen MR) is 66.8 cm³/mol. The zero-order valence-electron chi connectivity index (χ0n) is 10.3. The van der Waals surface area contributed by atoms with Gasteiger partial charge in [-0.3, -0.25) is 4.79 Å². The summed E-state index contributed by atoms with van der Waals surface area (Å²) in [7, 11) is 0. The van der Waals surface area contributed by atoms with E-state index in [4.69, 9.17) is 10.5 Å². The fourth-order valence-electron chi connectivity index (χ4n) is 1.94. The molecule has 4 nitrogen and oxygen atoms in total. The van der Waals surface area contributed by atoms with Crippen molar-refractivity contribution in [1.82, 2.24) is 5.32 Å². The Morgan fingerprint density at radius 1 is 1.44 bits per heavy atom. The number of hydrogen-bond donors (Lipinski definition) is 2. The first-order valence-electron chi connectivity index (χ1n) is 6.08. The number of ether oxygens (including phenoxy) is 1. The number of carbonyl (C=O) groups excluding carboxylic acids is 1. The third-order valence-corrected chi connectivity index (χ3v) is 3.07. The van der Waals surface area contributed by atoms with E-state index in [0.29, 0.717) is 18.7 Å². The fourth-order valence-corrected chi connectivity index (χ4v) is 1.94. The van der Waals surface area contributed by atoms with Crippen LogP contribution in [0.1, 0.15) is 24.8 Å². The molecule has 1 fully saturated rings. The largest absolute Gasteiger partial charge is 0.478 e. The highest BCUT2D eigenvalue weighted by atomic mass is 19.1. The third-order valence-electron chi connectivity index (χ3n) is 3.07. The number of anilines is 1. The Morgan fingerprint density at radius 2 is 2.22 bits per heavy atom. The minimum Gasteiger partial charge on any atom is -0.478 e. The summed E-state index contributed by atoms with van der Waals surface area (Å²) in [4.78, 5) is 11.7. The molecule has 0 spiro atoms. The Hall–Kier alpha value is -1.78. The molecule has 1 aromatic rings. The fraction of sp³-hybridized carbons (Fsp3) is 0.462. The summed E-state index contributed by atoms with van der Waals surface area (Å²) in [5, 5.41) is 2.75. The van der Waals surface area contributed by atoms with E-state index < -0.39 is 11.9 Å². The van der Waals surface area contributed by atoms with E-state index in [1.807, 2.05) is 0 Å². The number of carbonyl (C=O) groups is 1. The molecule has 0 radical (unpaired) electrons. The van der Waals surface area contributed by atoms with Gasteiger partial charge < -0.3 is 15.8 Å². The van der Waals surface area contributed by atoms with Crippen molar-refractivity contribution in [3.8, 4) is 5.75 Å². The summed E-state index contributed by atoms with van der Waals surface area (Å²) >= 11 is 0. The summed E-state index contributed by atoms with van der Waals surface area (Å²) in [5.41, 5.74) is 6.72. The van der Waals surface area contributed by atoms with Crippen molar-refractivity contribution in [1.29, 1.82) is 0 Å². The van der Waals surface area contributed by atoms with Crippen LogP contribution in [0.15, 0.2) is 12.1 Å². The second kappa shape index (κ2) is 5.25. The van der Waals surface area contributed by atoms with Crippen LogP contribution in [0.4, 0.5) is 10.1 Å². The molecule has 1 aromatic carbocycles. The summed E-state index contributed by atoms with van der Waals surface area (Å²) in [6.45, 7) is 2.43. The first-order chi connectivity index (χ1) is 8.58. The van der Waals surface area contributed by atoms with Crippen LogP contribution in [0.25, 0.3) is 0 Å². The van der Waals surface area contributed by atoms with Gasteiger partial charge in [0.2, 0.25) is 0 Å². The van der Waals surface area contributed by atoms with Gasteiger partial charge in [0.1, 0.15) is 0 Å². The molecule has 18 heavy (non-hydrogen) atoms. The second-order valence-electron chi connectivity index (χ2n) is 4.53. The van der Waals surface area contributed by atoms with Crippen molar-refractivity contribution in [2.24, 2.45) is 0 Å². The van der Waals surface area contributed by atoms with Gasteiger partial charge in [0.05, 0.1) is 0 Å². The summed E-state index contributed by atoms with van der Waals surface area (Å²) < 4.78 is 19.1. The number of aryl methyl sites for hydroxylation is 1. The lowest BCUT2D eigenvalue weighted by atomic mass is 10.1. The molecule has 1 aliphatic rings. The lowest BCUT2D eigenvalue weighted by Gasteiger charge is -2.17. The SMILES string of the molecule is Cc1cc(OC2CCCCNC2=O)c(F)cc1N. The molecular formula is C13H17FN2O2. The monoisotopic (exact) mass is 252 g/mol. The number of nitrogens with one attached hydrogen (secondary N) is 1. The Kier molecular flexibility index (Phi) is 3.69. The molecule has 0 aliphatic carbocycles. The number of hydrogen-bond acceptors (Lipinski definition) is 3. The van der Waals surface area contributed by atoms with E-state index in [9.17, 15) is 9.18 Å². The molecule has 0 aromatic heterocycles. The van der Waals surface area contributed by atoms with Gasteiger partial charge in [-0.05, 0) is 37.8 Å². The van der Waals surface area contributed by atoms with E-state index in [1.165, 1.54) is 12.1 Å². The normalized spacial score (nSPS) is 20.1. The van der Waals surface area contributed by atoms with Crippen LogP contribution >= 0.6 is 0 Å². The molecule has 0 saturated carbocycles. The van der Waals surface area contributed by atoms with Gasteiger partial charge in [-0.25, -0.2) is 4.39 Å². The highest BCUT2D eigenvalue weighted by Gasteiger charge is 2.23. The summed E-state index contributed by atoms with van der Waals surface area (Å²) in [6.07, 6.45) is 1.80. The van der Waals surface area contributed by atoms with Crippen molar-refractivity contribution >= 4 is 11.6 Å². The van der Waals surface area contributed by atoms with E-state index in [1.54, 1.807) is 6.92 Å². The van der Waals surface area contributed by atoms with Crippen LogP contribution in [0.5, 0.6) is 5.75 Å². The molecule has 5 heteroatoms. The topological polar surface area (TPSA) is 64.3 Å². The molecule has 2 rings (SSSR count). The maximum absolute atomic E-state index is 13.7. The lowest BCUT2D eigenvalue weighted by Crippen LogP contribution is -2.36. The number of halogens is 1. The summed E-state index contributed by atoms with van der Waals surface area (Å²) in [5.74, 6) is -0.625. The van der Waals surface area contributed by atoms with E-state index in [0.717, 1.165) is 18.4 Å². The molecule has 1 heterocycles. The number of benzene rings is 1. The van der Waals surface area contributed by atoms with Crippen LogP contribution in [0.2, 0.25) is 0 Å². The van der Waals surface area contributed by atoms with Crippen LogP contribution in [0.3, 0.4) is 0 Å². The first-order valence-corrected chi connectivity index (χ1v) is 6.08. The van der Waals surface area contributed by atoms with Crippen molar-refractivity contribution in [3.63, 3.8) is 0 Å². The average Bonchev–Trinajstić information content (AvgIpc) is 2.52. The van der Waals surface area contributed by atoms with Crippen LogP contribution in [-0.4, -0.2) is 18.6 Å². The Balaban J connectivity index is 2.17. The van der Waals surface area contributed by atoms with Crippen molar-refractivity contribution in [2.45, 2.75) is 32.3 Å². The second-order valence-corrected chi connectivity index (χ2v) is 4.53. The minimum atomic E-state index is -0.620. The number of nitrogens with two attached hydrogens (primary N) is 1. The molecule has 1 aliphatic heterocycles. The molecule has 1 atom stereocenters. The van der Waals surface area contributed by atoms with Crippen molar-refractivity contribution in [3.05, 3.63) is 23.5 Å². The maximum Gasteiger partial charge on any atom is 0.261 e. The molecule has 1 amide bonds. The van der Waals surface area contributed by atoms with Crippen LogP contribution in [0, 0.1) is 12.7 Å². The van der Waals surface area contributed by atoms with E-state index in [-0.39, 0.29) is 11.7 Å². The predicted octanol–water partition coefficient (Wildman–Crippen LogP) is 1.76. The summed E-state index contributed by atoms with van der Waals surface area (Å²) in [6, 6.07) is 2.75. The molecule has 1 unspecified atom stereocenters. The van der Waals surface area contributed by atoms with Crippen molar-refractivity contribution in [2.75, 3.05) is 12.3 Å². The first kappa shape index (κ1) is 12.7. The number of nitrogen functional groups attached to an aromatic ring is 1. The van der Waals surface area contributed by atoms with Gasteiger partial charge >= 0.3 is 0 Å². The Labute approximate surface area is 105 Å². The van der Waals surface area contributed by atoms with E-state index in [2.05, 4.69) is 5.32 Å². The molecule has 1 saturated heterocycles. The van der Waals surface area contributed by atoms with Crippen molar-refractivity contribution < 1.29 is 13.9 Å². The van der Waals surface area contributed by atoms with Gasteiger partial charge in [-0.2, -0.15) is 0 Å². The molecule has 98 valence electrons. The highest BCUT2D eigenvalue weighted by molar-refractivity contribution is 5.81. The standard InChI is InChI=1S/C13H17FN2O2/c1-8-6-12(9(14)7-10(8)15)18-11-4-2-3-5-16-13(11)17/h6-7,11H,2-5,15H2,1H3,(H,16,17). The number of amides is 1. The van der Waals surface area contributed by atoms with Crippen LogP contribution in [-0.2, 0) is 4.79 Å². The van der Waals surface area contributed by atoms with Gasteiger partial charge in [0, 0.05) is 18.3 Å². The van der Waals surface area contributed by atoms with Gasteiger partial charge in [0.15, 0.2) is 17.7 Å². The zero-order chi connectivity index (χ0) is 13.1. The van der Waals surface area contributed by atoms with E-state index >= 15 is 0 Å². The molecular weight excluding hydrogens is 235 g/mol. The quantitative estimate of drug-likeness (QED) is 0.788. The number of rotatable bonds is 2. The molecule has 3 N–H and O–H groups in total. The van der Waals surface area contributed by atoms with Gasteiger partial charge in [-0.1, -0.05) is 0 Å².